The summed E-state index contributed by atoms with van der Waals surface area (Å²) in [6.45, 7) is 0. The Morgan fingerprint density at radius 3 is 1.54 bits per heavy atom. The minimum absolute atomic E-state index is 0.704. The summed E-state index contributed by atoms with van der Waals surface area (Å²) in [7, 11) is 0. The first kappa shape index (κ1) is 22.4. The number of benzene rings is 6. The molecule has 0 atom stereocenters. The molecule has 0 aliphatic heterocycles. The first-order valence-corrected chi connectivity index (χ1v) is 14.5. The van der Waals surface area contributed by atoms with E-state index < -0.39 is 0 Å². The van der Waals surface area contributed by atoms with E-state index in [1.54, 1.807) is 0 Å². The van der Waals surface area contributed by atoms with Crippen molar-refractivity contribution in [3.8, 4) is 17.4 Å². The number of hydrogen-bond acceptors (Lipinski definition) is 2. The van der Waals surface area contributed by atoms with E-state index in [1.165, 1.54) is 42.0 Å². The monoisotopic (exact) mass is 539 g/mol. The molecule has 0 radical (unpaired) electrons. The van der Waals surface area contributed by atoms with Crippen molar-refractivity contribution < 1.29 is 0 Å². The number of fused-ring (bicyclic) bond motifs is 9. The van der Waals surface area contributed by atoms with Crippen LogP contribution in [0.1, 0.15) is 5.56 Å². The highest BCUT2D eigenvalue weighted by Gasteiger charge is 2.17. The number of thiophene rings is 1. The third-order valence-corrected chi connectivity index (χ3v) is 9.50. The standard InChI is InChI=1S/C37H21N3S/c38-22-23-8-7-15-34-37(23)28-11-3-6-14-33(28)40(34)25-17-19-36-30(21-25)29-20-24(16-18-35(29)41-36)39-31-12-4-1-9-26(31)27-10-2-5-13-32(27)39/h1-21H. The van der Waals surface area contributed by atoms with Gasteiger partial charge in [0.2, 0.25) is 0 Å². The van der Waals surface area contributed by atoms with E-state index in [1.807, 2.05) is 29.5 Å². The largest absolute Gasteiger partial charge is 0.309 e. The quantitative estimate of drug-likeness (QED) is 0.215. The maximum atomic E-state index is 9.88. The molecule has 0 bridgehead atoms. The van der Waals surface area contributed by atoms with Crippen LogP contribution in [-0.4, -0.2) is 9.13 Å². The Kier molecular flexibility index (Phi) is 4.55. The summed E-state index contributed by atoms with van der Waals surface area (Å²) in [5, 5.41) is 17.0. The Morgan fingerprint density at radius 1 is 0.463 bits per heavy atom. The van der Waals surface area contributed by atoms with Crippen LogP contribution in [0.3, 0.4) is 0 Å². The predicted molar refractivity (Wildman–Crippen MR) is 173 cm³/mol. The molecule has 9 rings (SSSR count). The molecule has 9 aromatic rings. The highest BCUT2D eigenvalue weighted by Crippen LogP contribution is 2.40. The fourth-order valence-corrected chi connectivity index (χ4v) is 7.69. The second-order valence-electron chi connectivity index (χ2n) is 10.5. The van der Waals surface area contributed by atoms with Gasteiger partial charge in [0.25, 0.3) is 0 Å². The Bertz CT molecular complexity index is 2500. The Labute approximate surface area is 239 Å². The Morgan fingerprint density at radius 2 is 0.951 bits per heavy atom. The van der Waals surface area contributed by atoms with Gasteiger partial charge in [-0.15, -0.1) is 11.3 Å². The fourth-order valence-electron chi connectivity index (χ4n) is 6.62. The molecule has 3 aromatic heterocycles. The summed E-state index contributed by atoms with van der Waals surface area (Å²) < 4.78 is 7.22. The molecule has 0 aliphatic carbocycles. The zero-order chi connectivity index (χ0) is 27.1. The van der Waals surface area contributed by atoms with Crippen molar-refractivity contribution >= 4 is 75.1 Å². The van der Waals surface area contributed by atoms with E-state index in [0.29, 0.717) is 5.56 Å². The summed E-state index contributed by atoms with van der Waals surface area (Å²) in [6.07, 6.45) is 0. The summed E-state index contributed by atoms with van der Waals surface area (Å²) >= 11 is 1.83. The molecule has 0 saturated heterocycles. The van der Waals surface area contributed by atoms with E-state index in [0.717, 1.165) is 33.2 Å². The van der Waals surface area contributed by atoms with E-state index in [9.17, 15) is 5.26 Å². The normalized spacial score (nSPS) is 11.9. The number of hydrogen-bond donors (Lipinski definition) is 0. The molecule has 0 unspecified atom stereocenters. The van der Waals surface area contributed by atoms with E-state index in [-0.39, 0.29) is 0 Å². The molecule has 0 saturated carbocycles. The first-order chi connectivity index (χ1) is 20.3. The average molecular weight is 540 g/mol. The van der Waals surface area contributed by atoms with Crippen LogP contribution < -0.4 is 0 Å². The molecule has 41 heavy (non-hydrogen) atoms. The van der Waals surface area contributed by atoms with Gasteiger partial charge in [-0.2, -0.15) is 5.26 Å². The minimum Gasteiger partial charge on any atom is -0.309 e. The third kappa shape index (κ3) is 3.07. The summed E-state index contributed by atoms with van der Waals surface area (Å²) in [5.74, 6) is 0. The Balaban J connectivity index is 1.32. The number of aromatic nitrogens is 2. The molecule has 3 heterocycles. The van der Waals surface area contributed by atoms with Crippen LogP contribution in [0.2, 0.25) is 0 Å². The predicted octanol–water partition coefficient (Wildman–Crippen LogP) is 10.1. The maximum absolute atomic E-state index is 9.88. The number of nitriles is 1. The second kappa shape index (κ2) is 8.32. The lowest BCUT2D eigenvalue weighted by Crippen LogP contribution is -1.94. The second-order valence-corrected chi connectivity index (χ2v) is 11.6. The first-order valence-electron chi connectivity index (χ1n) is 13.7. The van der Waals surface area contributed by atoms with Crippen molar-refractivity contribution in [3.63, 3.8) is 0 Å². The van der Waals surface area contributed by atoms with Gasteiger partial charge in [-0.25, -0.2) is 0 Å². The molecular weight excluding hydrogens is 518 g/mol. The molecule has 190 valence electrons. The van der Waals surface area contributed by atoms with Crippen LogP contribution in [0.4, 0.5) is 0 Å². The van der Waals surface area contributed by atoms with Crippen molar-refractivity contribution in [2.75, 3.05) is 0 Å². The van der Waals surface area contributed by atoms with Crippen molar-refractivity contribution in [1.29, 1.82) is 5.26 Å². The molecule has 0 spiro atoms. The summed E-state index contributed by atoms with van der Waals surface area (Å²) in [4.78, 5) is 0. The van der Waals surface area contributed by atoms with Gasteiger partial charge < -0.3 is 9.13 Å². The van der Waals surface area contributed by atoms with Crippen molar-refractivity contribution in [1.82, 2.24) is 9.13 Å². The van der Waals surface area contributed by atoms with Crippen LogP contribution in [0.15, 0.2) is 127 Å². The van der Waals surface area contributed by atoms with Gasteiger partial charge in [0.05, 0.1) is 33.7 Å². The van der Waals surface area contributed by atoms with E-state index >= 15 is 0 Å². The average Bonchev–Trinajstić information content (AvgIpc) is 3.68. The zero-order valence-corrected chi connectivity index (χ0v) is 22.7. The van der Waals surface area contributed by atoms with Crippen molar-refractivity contribution in [2.45, 2.75) is 0 Å². The molecular formula is C37H21N3S. The van der Waals surface area contributed by atoms with Crippen LogP contribution in [0.5, 0.6) is 0 Å². The van der Waals surface area contributed by atoms with Crippen LogP contribution in [-0.2, 0) is 0 Å². The molecule has 3 nitrogen and oxygen atoms in total. The lowest BCUT2D eigenvalue weighted by Gasteiger charge is -2.09. The molecule has 0 amide bonds. The lowest BCUT2D eigenvalue weighted by molar-refractivity contribution is 1.18. The maximum Gasteiger partial charge on any atom is 0.0998 e. The molecule has 0 fully saturated rings. The number of para-hydroxylation sites is 3. The Hall–Kier alpha value is -5.37. The van der Waals surface area contributed by atoms with Crippen LogP contribution >= 0.6 is 11.3 Å². The molecule has 0 N–H and O–H groups in total. The van der Waals surface area contributed by atoms with Gasteiger partial charge in [-0.1, -0.05) is 60.7 Å². The van der Waals surface area contributed by atoms with Gasteiger partial charge in [0.1, 0.15) is 0 Å². The van der Waals surface area contributed by atoms with Gasteiger partial charge in [0.15, 0.2) is 0 Å². The molecule has 6 aromatic carbocycles. The molecule has 4 heteroatoms. The smallest absolute Gasteiger partial charge is 0.0998 e. The van der Waals surface area contributed by atoms with Gasteiger partial charge in [0, 0.05) is 53.1 Å². The van der Waals surface area contributed by atoms with Gasteiger partial charge >= 0.3 is 0 Å². The van der Waals surface area contributed by atoms with E-state index in [4.69, 9.17) is 0 Å². The topological polar surface area (TPSA) is 33.6 Å². The lowest BCUT2D eigenvalue weighted by atomic mass is 10.1. The summed E-state index contributed by atoms with van der Waals surface area (Å²) in [6, 6.07) is 47.7. The highest BCUT2D eigenvalue weighted by molar-refractivity contribution is 7.25. The molecule has 0 aliphatic rings. The fraction of sp³-hybridized carbons (Fsp3) is 0. The van der Waals surface area contributed by atoms with Gasteiger partial charge in [-0.05, 0) is 66.7 Å². The zero-order valence-electron chi connectivity index (χ0n) is 21.9. The summed E-state index contributed by atoms with van der Waals surface area (Å²) in [5.41, 5.74) is 7.55. The van der Waals surface area contributed by atoms with Crippen molar-refractivity contribution in [3.05, 3.63) is 133 Å². The van der Waals surface area contributed by atoms with Crippen molar-refractivity contribution in [2.24, 2.45) is 0 Å². The van der Waals surface area contributed by atoms with E-state index in [2.05, 4.69) is 124 Å². The van der Waals surface area contributed by atoms with Crippen LogP contribution in [0.25, 0.3) is 75.2 Å². The van der Waals surface area contributed by atoms with Crippen LogP contribution in [0, 0.1) is 11.3 Å². The SMILES string of the molecule is N#Cc1cccc2c1c1ccccc1n2-c1ccc2sc3ccc(-n4c5ccccc5c5ccccc54)cc3c2c1. The number of rotatable bonds is 2. The van der Waals surface area contributed by atoms with Gasteiger partial charge in [-0.3, -0.25) is 0 Å². The highest BCUT2D eigenvalue weighted by atomic mass is 32.1. The third-order valence-electron chi connectivity index (χ3n) is 8.35. The number of nitrogens with zero attached hydrogens (tertiary/aromatic N) is 3. The minimum atomic E-state index is 0.704.